The number of aryl methyl sites for hydroxylation is 2. The Morgan fingerprint density at radius 1 is 1.07 bits per heavy atom. The lowest BCUT2D eigenvalue weighted by atomic mass is 10.1. The van der Waals surface area contributed by atoms with Gasteiger partial charge in [0.05, 0.1) is 18.9 Å². The molecule has 0 spiro atoms. The zero-order valence-corrected chi connectivity index (χ0v) is 18.1. The van der Waals surface area contributed by atoms with Crippen LogP contribution in [-0.2, 0) is 4.74 Å². The number of nitrogens with one attached hydrogen (secondary N) is 1. The lowest BCUT2D eigenvalue weighted by molar-refractivity contribution is 0.0322. The van der Waals surface area contributed by atoms with Crippen molar-refractivity contribution in [1.82, 2.24) is 10.3 Å². The number of carbonyl (C=O) groups is 1. The van der Waals surface area contributed by atoms with Crippen molar-refractivity contribution in [2.75, 3.05) is 39.5 Å². The van der Waals surface area contributed by atoms with Gasteiger partial charge >= 0.3 is 0 Å². The first kappa shape index (κ1) is 22.0. The van der Waals surface area contributed by atoms with Crippen LogP contribution in [0.4, 0.5) is 0 Å². The summed E-state index contributed by atoms with van der Waals surface area (Å²) in [5, 5.41) is 4.35. The van der Waals surface area contributed by atoms with Crippen molar-refractivity contribution in [2.45, 2.75) is 27.2 Å². The Morgan fingerprint density at radius 2 is 1.77 bits per heavy atom. The predicted octanol–water partition coefficient (Wildman–Crippen LogP) is 3.56. The molecule has 6 heteroatoms. The molecule has 1 amide bonds. The molecule has 2 aromatic rings. The highest BCUT2D eigenvalue weighted by atomic mass is 16.5. The van der Waals surface area contributed by atoms with E-state index >= 15 is 0 Å². The number of ether oxygens (including phenoxy) is 2. The van der Waals surface area contributed by atoms with Gasteiger partial charge in [-0.1, -0.05) is 13.0 Å². The zero-order valence-electron chi connectivity index (χ0n) is 18.1. The molecule has 0 aromatic heterocycles. The number of carbonyl (C=O) groups excluding carboxylic acids is 1. The molecule has 0 unspecified atom stereocenters. The second kappa shape index (κ2) is 10.9. The summed E-state index contributed by atoms with van der Waals surface area (Å²) < 4.78 is 11.2. The SMILES string of the molecule is CCC(=NNC(=O)c1ccc(C)c(C)c1)c1ccc(OCCN2CCOCC2)cc1. The molecule has 1 heterocycles. The molecule has 1 N–H and O–H groups in total. The van der Waals surface area contributed by atoms with Crippen LogP contribution in [0.25, 0.3) is 0 Å². The van der Waals surface area contributed by atoms with Gasteiger partial charge in [-0.15, -0.1) is 0 Å². The second-order valence-electron chi connectivity index (χ2n) is 7.48. The summed E-state index contributed by atoms with van der Waals surface area (Å²) in [6.45, 7) is 11.1. The summed E-state index contributed by atoms with van der Waals surface area (Å²) >= 11 is 0. The predicted molar refractivity (Wildman–Crippen MR) is 119 cm³/mol. The molecule has 1 aliphatic heterocycles. The smallest absolute Gasteiger partial charge is 0.271 e. The lowest BCUT2D eigenvalue weighted by Crippen LogP contribution is -2.38. The number of hydrogen-bond donors (Lipinski definition) is 1. The van der Waals surface area contributed by atoms with E-state index in [2.05, 4.69) is 15.4 Å². The van der Waals surface area contributed by atoms with Gasteiger partial charge in [-0.2, -0.15) is 5.10 Å². The van der Waals surface area contributed by atoms with E-state index in [0.29, 0.717) is 18.6 Å². The number of hydrazone groups is 1. The average Bonchev–Trinajstić information content (AvgIpc) is 2.77. The van der Waals surface area contributed by atoms with Gasteiger partial charge in [-0.25, -0.2) is 5.43 Å². The summed E-state index contributed by atoms with van der Waals surface area (Å²) in [4.78, 5) is 14.8. The van der Waals surface area contributed by atoms with E-state index in [0.717, 1.165) is 61.0 Å². The monoisotopic (exact) mass is 409 g/mol. The molecule has 3 rings (SSSR count). The zero-order chi connectivity index (χ0) is 21.3. The summed E-state index contributed by atoms with van der Waals surface area (Å²) in [5.74, 6) is 0.633. The second-order valence-corrected chi connectivity index (χ2v) is 7.48. The molecule has 1 fully saturated rings. The van der Waals surface area contributed by atoms with Crippen LogP contribution in [0.1, 0.15) is 40.4 Å². The number of nitrogens with zero attached hydrogens (tertiary/aromatic N) is 2. The summed E-state index contributed by atoms with van der Waals surface area (Å²) in [5.41, 5.74) is 7.34. The molecule has 160 valence electrons. The Kier molecular flexibility index (Phi) is 7.99. The van der Waals surface area contributed by atoms with Gasteiger partial charge < -0.3 is 9.47 Å². The van der Waals surface area contributed by atoms with E-state index in [1.165, 1.54) is 0 Å². The van der Waals surface area contributed by atoms with Crippen LogP contribution in [-0.4, -0.2) is 56.0 Å². The van der Waals surface area contributed by atoms with Crippen LogP contribution in [0.3, 0.4) is 0 Å². The minimum atomic E-state index is -0.202. The normalized spacial score (nSPS) is 15.1. The maximum Gasteiger partial charge on any atom is 0.271 e. The summed E-state index contributed by atoms with van der Waals surface area (Å²) in [6.07, 6.45) is 0.713. The number of benzene rings is 2. The van der Waals surface area contributed by atoms with E-state index in [1.807, 2.05) is 63.2 Å². The minimum Gasteiger partial charge on any atom is -0.492 e. The van der Waals surface area contributed by atoms with Crippen LogP contribution >= 0.6 is 0 Å². The van der Waals surface area contributed by atoms with Gasteiger partial charge in [0.2, 0.25) is 0 Å². The molecule has 1 saturated heterocycles. The highest BCUT2D eigenvalue weighted by molar-refractivity contribution is 6.02. The Bertz CT molecular complexity index is 872. The largest absolute Gasteiger partial charge is 0.492 e. The van der Waals surface area contributed by atoms with Gasteiger partial charge in [-0.05, 0) is 73.4 Å². The fourth-order valence-corrected chi connectivity index (χ4v) is 3.27. The molecule has 1 aliphatic rings. The first-order valence-corrected chi connectivity index (χ1v) is 10.5. The first-order chi connectivity index (χ1) is 14.6. The average molecular weight is 410 g/mol. The van der Waals surface area contributed by atoms with Gasteiger partial charge in [0, 0.05) is 25.2 Å². The lowest BCUT2D eigenvalue weighted by Gasteiger charge is -2.26. The van der Waals surface area contributed by atoms with Crippen molar-refractivity contribution >= 4 is 11.6 Å². The highest BCUT2D eigenvalue weighted by Gasteiger charge is 2.10. The van der Waals surface area contributed by atoms with Crippen molar-refractivity contribution in [3.05, 3.63) is 64.7 Å². The summed E-state index contributed by atoms with van der Waals surface area (Å²) in [6, 6.07) is 13.5. The Hall–Kier alpha value is -2.70. The Balaban J connectivity index is 1.54. The van der Waals surface area contributed by atoms with E-state index in [1.54, 1.807) is 0 Å². The molecule has 0 radical (unpaired) electrons. The van der Waals surface area contributed by atoms with Crippen LogP contribution in [0.5, 0.6) is 5.75 Å². The Labute approximate surface area is 178 Å². The topological polar surface area (TPSA) is 63.2 Å². The van der Waals surface area contributed by atoms with Gasteiger partial charge in [0.15, 0.2) is 0 Å². The molecular formula is C24H31N3O3. The molecule has 0 saturated carbocycles. The van der Waals surface area contributed by atoms with Crippen LogP contribution in [0.2, 0.25) is 0 Å². The van der Waals surface area contributed by atoms with Gasteiger partial charge in [0.25, 0.3) is 5.91 Å². The minimum absolute atomic E-state index is 0.202. The molecule has 0 atom stereocenters. The third-order valence-electron chi connectivity index (χ3n) is 5.36. The highest BCUT2D eigenvalue weighted by Crippen LogP contribution is 2.14. The van der Waals surface area contributed by atoms with Crippen molar-refractivity contribution in [3.8, 4) is 5.75 Å². The fraction of sp³-hybridized carbons (Fsp3) is 0.417. The fourth-order valence-electron chi connectivity index (χ4n) is 3.27. The standard InChI is InChI=1S/C24H31N3O3/c1-4-23(25-26-24(28)21-6-5-18(2)19(3)17-21)20-7-9-22(10-8-20)30-16-13-27-11-14-29-15-12-27/h5-10,17H,4,11-16H2,1-3H3,(H,26,28). The first-order valence-electron chi connectivity index (χ1n) is 10.5. The van der Waals surface area contributed by atoms with E-state index in [9.17, 15) is 4.79 Å². The quantitative estimate of drug-likeness (QED) is 0.535. The molecule has 30 heavy (non-hydrogen) atoms. The van der Waals surface area contributed by atoms with E-state index in [-0.39, 0.29) is 5.91 Å². The van der Waals surface area contributed by atoms with Crippen molar-refractivity contribution in [3.63, 3.8) is 0 Å². The molecule has 2 aromatic carbocycles. The van der Waals surface area contributed by atoms with Crippen LogP contribution < -0.4 is 10.2 Å². The Morgan fingerprint density at radius 3 is 2.43 bits per heavy atom. The number of morpholine rings is 1. The van der Waals surface area contributed by atoms with Crippen molar-refractivity contribution in [1.29, 1.82) is 0 Å². The third-order valence-corrected chi connectivity index (χ3v) is 5.36. The van der Waals surface area contributed by atoms with E-state index < -0.39 is 0 Å². The molecule has 6 nitrogen and oxygen atoms in total. The molecule has 0 aliphatic carbocycles. The molecular weight excluding hydrogens is 378 g/mol. The van der Waals surface area contributed by atoms with Crippen molar-refractivity contribution < 1.29 is 14.3 Å². The number of amides is 1. The number of hydrogen-bond acceptors (Lipinski definition) is 5. The maximum atomic E-state index is 12.4. The van der Waals surface area contributed by atoms with Gasteiger partial charge in [0.1, 0.15) is 12.4 Å². The van der Waals surface area contributed by atoms with Gasteiger partial charge in [-0.3, -0.25) is 9.69 Å². The summed E-state index contributed by atoms with van der Waals surface area (Å²) in [7, 11) is 0. The van der Waals surface area contributed by atoms with E-state index in [4.69, 9.17) is 9.47 Å². The molecule has 0 bridgehead atoms. The number of rotatable bonds is 8. The van der Waals surface area contributed by atoms with Crippen molar-refractivity contribution in [2.24, 2.45) is 5.10 Å². The maximum absolute atomic E-state index is 12.4. The van der Waals surface area contributed by atoms with Crippen LogP contribution in [0, 0.1) is 13.8 Å². The third kappa shape index (κ3) is 6.15. The van der Waals surface area contributed by atoms with Crippen LogP contribution in [0.15, 0.2) is 47.6 Å².